The third-order valence-electron chi connectivity index (χ3n) is 5.02. The first-order chi connectivity index (χ1) is 8.56. The highest BCUT2D eigenvalue weighted by Crippen LogP contribution is 2.42. The number of hydrogen-bond acceptors (Lipinski definition) is 3. The average Bonchev–Trinajstić information content (AvgIpc) is 2.47. The molecule has 4 nitrogen and oxygen atoms in total. The lowest BCUT2D eigenvalue weighted by atomic mass is 9.78. The third-order valence-corrected chi connectivity index (χ3v) is 5.02. The van der Waals surface area contributed by atoms with Crippen LogP contribution in [0, 0.1) is 10.8 Å². The number of nitrogens with zero attached hydrogens (tertiary/aromatic N) is 1. The van der Waals surface area contributed by atoms with Crippen molar-refractivity contribution in [3.8, 4) is 0 Å². The third kappa shape index (κ3) is 2.79. The average molecular weight is 267 g/mol. The van der Waals surface area contributed by atoms with Crippen LogP contribution in [0.15, 0.2) is 0 Å². The van der Waals surface area contributed by atoms with Crippen LogP contribution < -0.4 is 5.73 Å². The highest BCUT2D eigenvalue weighted by molar-refractivity contribution is 5.83. The summed E-state index contributed by atoms with van der Waals surface area (Å²) in [4.78, 5) is 2.54. The van der Waals surface area contributed by atoms with Gasteiger partial charge in [0.15, 0.2) is 0 Å². The summed E-state index contributed by atoms with van der Waals surface area (Å²) in [7, 11) is 0. The van der Waals surface area contributed by atoms with Gasteiger partial charge in [-0.25, -0.2) is 0 Å². The summed E-state index contributed by atoms with van der Waals surface area (Å²) < 4.78 is 6.19. The second kappa shape index (κ2) is 4.45. The number of amidine groups is 1. The molecule has 3 N–H and O–H groups in total. The van der Waals surface area contributed by atoms with Crippen molar-refractivity contribution in [3.63, 3.8) is 0 Å². The fraction of sp³-hybridized carbons (Fsp3) is 0.933. The molecule has 2 aliphatic heterocycles. The Hall–Kier alpha value is -0.610. The van der Waals surface area contributed by atoms with Crippen LogP contribution in [0.2, 0.25) is 0 Å². The second-order valence-corrected chi connectivity index (χ2v) is 7.70. The summed E-state index contributed by atoms with van der Waals surface area (Å²) in [5, 5.41) is 7.74. The molecule has 1 unspecified atom stereocenters. The summed E-state index contributed by atoms with van der Waals surface area (Å²) in [5.41, 5.74) is 5.51. The number of rotatable bonds is 2. The first kappa shape index (κ1) is 14.8. The Balaban J connectivity index is 2.04. The SMILES string of the molecule is CC1(C)CC(N2CCC(C)(C(=N)N)CC2)C(C)(C)O1. The molecule has 1 atom stereocenters. The molecule has 2 rings (SSSR count). The van der Waals surface area contributed by atoms with E-state index in [9.17, 15) is 0 Å². The molecule has 0 amide bonds. The van der Waals surface area contributed by atoms with E-state index < -0.39 is 0 Å². The minimum absolute atomic E-state index is 0.0322. The van der Waals surface area contributed by atoms with E-state index in [4.69, 9.17) is 15.9 Å². The summed E-state index contributed by atoms with van der Waals surface area (Å²) in [6.45, 7) is 12.9. The molecule has 0 spiro atoms. The minimum Gasteiger partial charge on any atom is -0.387 e. The van der Waals surface area contributed by atoms with E-state index in [1.165, 1.54) is 0 Å². The predicted octanol–water partition coefficient (Wildman–Crippen LogP) is 2.37. The molecule has 0 saturated carbocycles. The summed E-state index contributed by atoms with van der Waals surface area (Å²) in [6.07, 6.45) is 3.04. The molecule has 0 aromatic rings. The summed E-state index contributed by atoms with van der Waals surface area (Å²) in [6, 6.07) is 0.471. The van der Waals surface area contributed by atoms with Crippen molar-refractivity contribution in [3.05, 3.63) is 0 Å². The number of hydrogen-bond donors (Lipinski definition) is 2. The van der Waals surface area contributed by atoms with Gasteiger partial charge < -0.3 is 10.5 Å². The Bertz CT molecular complexity index is 368. The van der Waals surface area contributed by atoms with Crippen molar-refractivity contribution >= 4 is 5.84 Å². The van der Waals surface area contributed by atoms with E-state index in [2.05, 4.69) is 39.5 Å². The molecule has 2 aliphatic rings. The maximum atomic E-state index is 7.74. The number of nitrogens with two attached hydrogens (primary N) is 1. The van der Waals surface area contributed by atoms with Gasteiger partial charge in [-0.2, -0.15) is 0 Å². The Morgan fingerprint density at radius 1 is 1.16 bits per heavy atom. The van der Waals surface area contributed by atoms with Crippen molar-refractivity contribution < 1.29 is 4.74 Å². The van der Waals surface area contributed by atoms with E-state index in [-0.39, 0.29) is 16.6 Å². The van der Waals surface area contributed by atoms with E-state index in [0.717, 1.165) is 32.4 Å². The van der Waals surface area contributed by atoms with E-state index in [0.29, 0.717) is 11.9 Å². The number of likely N-dealkylation sites (tertiary alicyclic amines) is 1. The van der Waals surface area contributed by atoms with Gasteiger partial charge >= 0.3 is 0 Å². The van der Waals surface area contributed by atoms with Gasteiger partial charge in [0.05, 0.1) is 17.0 Å². The monoisotopic (exact) mass is 267 g/mol. The van der Waals surface area contributed by atoms with Gasteiger partial charge in [0.2, 0.25) is 0 Å². The molecule has 0 aromatic carbocycles. The van der Waals surface area contributed by atoms with Crippen LogP contribution in [-0.2, 0) is 4.74 Å². The number of nitrogens with one attached hydrogen (secondary N) is 1. The summed E-state index contributed by atoms with van der Waals surface area (Å²) >= 11 is 0. The van der Waals surface area contributed by atoms with Crippen LogP contribution in [0.3, 0.4) is 0 Å². The molecular weight excluding hydrogens is 238 g/mol. The van der Waals surface area contributed by atoms with Gasteiger partial charge in [-0.3, -0.25) is 10.3 Å². The standard InChI is InChI=1S/C15H29N3O/c1-13(2)10-11(14(3,4)19-13)18-8-6-15(5,7-9-18)12(16)17/h11H,6-10H2,1-5H3,(H3,16,17). The van der Waals surface area contributed by atoms with Crippen molar-refractivity contribution in [1.29, 1.82) is 5.41 Å². The van der Waals surface area contributed by atoms with Crippen molar-refractivity contribution in [2.45, 2.75) is 71.1 Å². The van der Waals surface area contributed by atoms with Gasteiger partial charge in [0, 0.05) is 11.5 Å². The van der Waals surface area contributed by atoms with Crippen molar-refractivity contribution in [2.75, 3.05) is 13.1 Å². The normalized spacial score (nSPS) is 33.2. The Kier molecular flexibility index (Phi) is 3.47. The van der Waals surface area contributed by atoms with Gasteiger partial charge in [-0.05, 0) is 60.0 Å². The first-order valence-corrected chi connectivity index (χ1v) is 7.35. The Labute approximate surface area is 117 Å². The van der Waals surface area contributed by atoms with E-state index >= 15 is 0 Å². The van der Waals surface area contributed by atoms with Gasteiger partial charge in [0.25, 0.3) is 0 Å². The molecule has 110 valence electrons. The van der Waals surface area contributed by atoms with Crippen LogP contribution in [0.25, 0.3) is 0 Å². The largest absolute Gasteiger partial charge is 0.387 e. The lowest BCUT2D eigenvalue weighted by molar-refractivity contribution is -0.0833. The highest BCUT2D eigenvalue weighted by atomic mass is 16.5. The highest BCUT2D eigenvalue weighted by Gasteiger charge is 2.49. The van der Waals surface area contributed by atoms with Crippen LogP contribution in [0.5, 0.6) is 0 Å². The molecule has 0 radical (unpaired) electrons. The van der Waals surface area contributed by atoms with E-state index in [1.807, 2.05) is 0 Å². The summed E-state index contributed by atoms with van der Waals surface area (Å²) in [5.74, 6) is 0.342. The maximum Gasteiger partial charge on any atom is 0.0966 e. The smallest absolute Gasteiger partial charge is 0.0966 e. The molecule has 2 fully saturated rings. The fourth-order valence-corrected chi connectivity index (χ4v) is 3.70. The zero-order chi connectivity index (χ0) is 14.5. The van der Waals surface area contributed by atoms with Crippen molar-refractivity contribution in [2.24, 2.45) is 11.1 Å². The second-order valence-electron chi connectivity index (χ2n) is 7.70. The number of piperidine rings is 1. The predicted molar refractivity (Wildman–Crippen MR) is 78.5 cm³/mol. The molecule has 0 aromatic heterocycles. The quantitative estimate of drug-likeness (QED) is 0.596. The molecular formula is C15H29N3O. The number of ether oxygens (including phenoxy) is 1. The molecule has 4 heteroatoms. The first-order valence-electron chi connectivity index (χ1n) is 7.35. The van der Waals surface area contributed by atoms with Crippen LogP contribution in [0.1, 0.15) is 53.9 Å². The Morgan fingerprint density at radius 3 is 2.05 bits per heavy atom. The van der Waals surface area contributed by atoms with Crippen molar-refractivity contribution in [1.82, 2.24) is 4.90 Å². The van der Waals surface area contributed by atoms with Crippen LogP contribution >= 0.6 is 0 Å². The Morgan fingerprint density at radius 2 is 1.68 bits per heavy atom. The molecule has 0 bridgehead atoms. The molecule has 2 heterocycles. The van der Waals surface area contributed by atoms with Crippen LogP contribution in [0.4, 0.5) is 0 Å². The van der Waals surface area contributed by atoms with Crippen LogP contribution in [-0.4, -0.2) is 41.1 Å². The zero-order valence-corrected chi connectivity index (χ0v) is 13.0. The van der Waals surface area contributed by atoms with Gasteiger partial charge in [-0.15, -0.1) is 0 Å². The molecule has 19 heavy (non-hydrogen) atoms. The molecule has 0 aliphatic carbocycles. The zero-order valence-electron chi connectivity index (χ0n) is 13.0. The lowest BCUT2D eigenvalue weighted by Crippen LogP contribution is -2.53. The lowest BCUT2D eigenvalue weighted by Gasteiger charge is -2.44. The maximum absolute atomic E-state index is 7.74. The van der Waals surface area contributed by atoms with E-state index in [1.54, 1.807) is 0 Å². The van der Waals surface area contributed by atoms with Gasteiger partial charge in [-0.1, -0.05) is 6.92 Å². The fourth-order valence-electron chi connectivity index (χ4n) is 3.70. The molecule has 2 saturated heterocycles. The van der Waals surface area contributed by atoms with Gasteiger partial charge in [0.1, 0.15) is 0 Å². The minimum atomic E-state index is -0.102. The topological polar surface area (TPSA) is 62.3 Å².